The molecule has 0 atom stereocenters. The summed E-state index contributed by atoms with van der Waals surface area (Å²) in [6.07, 6.45) is 6.69. The standard InChI is InChI=1S/C12H18.CHN/c1-2-3-4-6-9-12-10-7-5-8-11-12;1-2/h5,7-8,10-11H,2-4,6,9H2,1H3;1H. The Bertz CT molecular complexity index is 225. The van der Waals surface area contributed by atoms with Gasteiger partial charge in [-0.15, -0.1) is 0 Å². The monoisotopic (exact) mass is 189 g/mol. The summed E-state index contributed by atoms with van der Waals surface area (Å²) in [6, 6.07) is 10.7. The van der Waals surface area contributed by atoms with Crippen LogP contribution in [0.1, 0.15) is 38.2 Å². The van der Waals surface area contributed by atoms with Crippen molar-refractivity contribution in [2.75, 3.05) is 0 Å². The molecular formula is C13H19N. The number of benzene rings is 1. The molecule has 0 aliphatic carbocycles. The van der Waals surface area contributed by atoms with Crippen molar-refractivity contribution in [3.8, 4) is 6.57 Å². The third kappa shape index (κ3) is 6.25. The van der Waals surface area contributed by atoms with Crippen LogP contribution >= 0.6 is 0 Å². The number of rotatable bonds is 5. The third-order valence-electron chi connectivity index (χ3n) is 2.16. The predicted octanol–water partition coefficient (Wildman–Crippen LogP) is 3.95. The van der Waals surface area contributed by atoms with Gasteiger partial charge >= 0.3 is 0 Å². The minimum absolute atomic E-state index is 1.25. The van der Waals surface area contributed by atoms with E-state index in [0.29, 0.717) is 0 Å². The summed E-state index contributed by atoms with van der Waals surface area (Å²) >= 11 is 0. The summed E-state index contributed by atoms with van der Waals surface area (Å²) in [5.74, 6) is 0. The fourth-order valence-corrected chi connectivity index (χ4v) is 1.40. The zero-order chi connectivity index (χ0) is 10.6. The quantitative estimate of drug-likeness (QED) is 0.643. The lowest BCUT2D eigenvalue weighted by Gasteiger charge is -1.99. The minimum Gasteiger partial charge on any atom is -0.202 e. The third-order valence-corrected chi connectivity index (χ3v) is 2.16. The Morgan fingerprint density at radius 2 is 1.64 bits per heavy atom. The highest BCUT2D eigenvalue weighted by atomic mass is 14.2. The lowest BCUT2D eigenvalue weighted by atomic mass is 10.1. The highest BCUT2D eigenvalue weighted by Crippen LogP contribution is 2.06. The maximum absolute atomic E-state index is 6.50. The van der Waals surface area contributed by atoms with Gasteiger partial charge in [0.2, 0.25) is 0 Å². The number of aryl methyl sites for hydroxylation is 1. The van der Waals surface area contributed by atoms with Gasteiger partial charge < -0.3 is 0 Å². The Hall–Kier alpha value is -1.29. The second-order valence-corrected chi connectivity index (χ2v) is 3.30. The topological polar surface area (TPSA) is 23.8 Å². The summed E-state index contributed by atoms with van der Waals surface area (Å²) in [5.41, 5.74) is 1.48. The van der Waals surface area contributed by atoms with Crippen LogP contribution in [0.2, 0.25) is 0 Å². The molecule has 1 heteroatoms. The Morgan fingerprint density at radius 1 is 1.00 bits per heavy atom. The molecule has 0 aliphatic heterocycles. The number of hydrogen-bond acceptors (Lipinski definition) is 1. The lowest BCUT2D eigenvalue weighted by molar-refractivity contribution is 0.667. The first-order valence-electron chi connectivity index (χ1n) is 5.23. The number of unbranched alkanes of at least 4 members (excludes halogenated alkanes) is 3. The maximum atomic E-state index is 6.50. The molecule has 0 spiro atoms. The largest absolute Gasteiger partial charge is 0.202 e. The number of hydrogen-bond donors (Lipinski definition) is 0. The van der Waals surface area contributed by atoms with Gasteiger partial charge in [-0.05, 0) is 18.4 Å². The van der Waals surface area contributed by atoms with E-state index >= 15 is 0 Å². The molecule has 0 fully saturated rings. The molecule has 1 aromatic carbocycles. The van der Waals surface area contributed by atoms with Gasteiger partial charge in [0.1, 0.15) is 0 Å². The fraction of sp³-hybridized carbons (Fsp3) is 0.462. The highest BCUT2D eigenvalue weighted by molar-refractivity contribution is 5.14. The zero-order valence-electron chi connectivity index (χ0n) is 8.95. The van der Waals surface area contributed by atoms with E-state index in [1.807, 2.05) is 0 Å². The summed E-state index contributed by atoms with van der Waals surface area (Å²) in [5, 5.41) is 6.50. The average Bonchev–Trinajstić information content (AvgIpc) is 2.29. The van der Waals surface area contributed by atoms with E-state index in [9.17, 15) is 0 Å². The molecule has 0 saturated heterocycles. The van der Waals surface area contributed by atoms with Gasteiger partial charge in [0.05, 0.1) is 0 Å². The van der Waals surface area contributed by atoms with Gasteiger partial charge in [0.15, 0.2) is 0 Å². The zero-order valence-corrected chi connectivity index (χ0v) is 8.95. The van der Waals surface area contributed by atoms with Crippen molar-refractivity contribution in [1.82, 2.24) is 0 Å². The predicted molar refractivity (Wildman–Crippen MR) is 61.0 cm³/mol. The van der Waals surface area contributed by atoms with Crippen LogP contribution in [-0.2, 0) is 6.42 Å². The summed E-state index contributed by atoms with van der Waals surface area (Å²) in [7, 11) is 0. The summed E-state index contributed by atoms with van der Waals surface area (Å²) in [4.78, 5) is 0. The van der Waals surface area contributed by atoms with Gasteiger partial charge in [-0.1, -0.05) is 56.5 Å². The Balaban J connectivity index is 0.000000791. The van der Waals surface area contributed by atoms with E-state index in [4.69, 9.17) is 5.26 Å². The van der Waals surface area contributed by atoms with Crippen molar-refractivity contribution in [2.45, 2.75) is 39.0 Å². The van der Waals surface area contributed by atoms with E-state index in [1.54, 1.807) is 0 Å². The van der Waals surface area contributed by atoms with Gasteiger partial charge in [-0.3, -0.25) is 0 Å². The Labute approximate surface area is 87.4 Å². The maximum Gasteiger partial charge on any atom is 0.0462 e. The van der Waals surface area contributed by atoms with Gasteiger partial charge in [0.25, 0.3) is 0 Å². The van der Waals surface area contributed by atoms with Crippen molar-refractivity contribution < 1.29 is 0 Å². The SMILES string of the molecule is C#N.CCCCCCc1ccccc1. The van der Waals surface area contributed by atoms with Crippen LogP contribution in [0.4, 0.5) is 0 Å². The second-order valence-electron chi connectivity index (χ2n) is 3.30. The molecule has 1 nitrogen and oxygen atoms in total. The first-order valence-corrected chi connectivity index (χ1v) is 5.23. The fourth-order valence-electron chi connectivity index (χ4n) is 1.40. The van der Waals surface area contributed by atoms with Crippen molar-refractivity contribution in [3.63, 3.8) is 0 Å². The molecule has 0 aromatic heterocycles. The molecule has 0 saturated carbocycles. The van der Waals surface area contributed by atoms with Crippen molar-refractivity contribution in [2.24, 2.45) is 0 Å². The van der Waals surface area contributed by atoms with Crippen LogP contribution in [0.5, 0.6) is 0 Å². The molecule has 0 bridgehead atoms. The van der Waals surface area contributed by atoms with Gasteiger partial charge in [-0.25, -0.2) is 5.26 Å². The summed E-state index contributed by atoms with van der Waals surface area (Å²) < 4.78 is 0. The Kier molecular flexibility index (Phi) is 8.89. The second kappa shape index (κ2) is 9.80. The molecule has 1 rings (SSSR count). The molecule has 1 aromatic rings. The smallest absolute Gasteiger partial charge is 0.0462 e. The average molecular weight is 189 g/mol. The molecule has 0 heterocycles. The summed E-state index contributed by atoms with van der Waals surface area (Å²) in [6.45, 7) is 5.75. The van der Waals surface area contributed by atoms with Crippen LogP contribution in [0.3, 0.4) is 0 Å². The normalized spacial score (nSPS) is 8.79. The highest BCUT2D eigenvalue weighted by Gasteiger charge is 1.90. The van der Waals surface area contributed by atoms with E-state index < -0.39 is 0 Å². The number of nitrogens with zero attached hydrogens (tertiary/aromatic N) is 1. The molecular weight excluding hydrogens is 170 g/mol. The lowest BCUT2D eigenvalue weighted by Crippen LogP contribution is -1.84. The first-order chi connectivity index (χ1) is 6.93. The van der Waals surface area contributed by atoms with E-state index in [2.05, 4.69) is 43.8 Å². The van der Waals surface area contributed by atoms with Crippen LogP contribution in [0, 0.1) is 11.8 Å². The van der Waals surface area contributed by atoms with Gasteiger partial charge in [0, 0.05) is 6.57 Å². The number of nitriles is 1. The van der Waals surface area contributed by atoms with Crippen LogP contribution in [0.25, 0.3) is 0 Å². The van der Waals surface area contributed by atoms with E-state index in [0.717, 1.165) is 0 Å². The minimum atomic E-state index is 1.25. The van der Waals surface area contributed by atoms with Crippen molar-refractivity contribution in [3.05, 3.63) is 35.9 Å². The first kappa shape index (κ1) is 12.7. The Morgan fingerprint density at radius 3 is 2.21 bits per heavy atom. The molecule has 76 valence electrons. The van der Waals surface area contributed by atoms with Gasteiger partial charge in [-0.2, -0.15) is 0 Å². The van der Waals surface area contributed by atoms with Crippen LogP contribution < -0.4 is 0 Å². The van der Waals surface area contributed by atoms with Crippen LogP contribution in [0.15, 0.2) is 30.3 Å². The molecule has 0 amide bonds. The molecule has 0 radical (unpaired) electrons. The van der Waals surface area contributed by atoms with E-state index in [-0.39, 0.29) is 0 Å². The van der Waals surface area contributed by atoms with Crippen molar-refractivity contribution >= 4 is 0 Å². The molecule has 0 unspecified atom stereocenters. The molecule has 14 heavy (non-hydrogen) atoms. The molecule has 0 N–H and O–H groups in total. The van der Waals surface area contributed by atoms with Crippen LogP contribution in [-0.4, -0.2) is 0 Å². The molecule has 0 aliphatic rings. The van der Waals surface area contributed by atoms with Crippen molar-refractivity contribution in [1.29, 1.82) is 5.26 Å². The van der Waals surface area contributed by atoms with E-state index in [1.165, 1.54) is 37.7 Å².